The Morgan fingerprint density at radius 1 is 1.11 bits per heavy atom. The largest absolute Gasteiger partial charge is 0.496 e. The van der Waals surface area contributed by atoms with E-state index < -0.39 is 0 Å². The maximum absolute atomic E-state index is 11.9. The third-order valence-corrected chi connectivity index (χ3v) is 2.93. The van der Waals surface area contributed by atoms with E-state index in [1.807, 2.05) is 18.2 Å². The molecule has 0 bridgehead atoms. The van der Waals surface area contributed by atoms with Crippen LogP contribution < -0.4 is 15.0 Å². The lowest BCUT2D eigenvalue weighted by atomic mass is 10.1. The number of aromatic amines is 1. The maximum Gasteiger partial charge on any atom is 0.254 e. The van der Waals surface area contributed by atoms with E-state index in [0.717, 1.165) is 0 Å². The number of hydrogen-bond donors (Lipinski definition) is 1. The number of methoxy groups -OCH3 is 2. The van der Waals surface area contributed by atoms with Gasteiger partial charge in [-0.2, -0.15) is 0 Å². The quantitative estimate of drug-likeness (QED) is 0.917. The Bertz CT molecular complexity index is 640. The molecule has 0 amide bonds. The van der Waals surface area contributed by atoms with Crippen LogP contribution in [-0.4, -0.2) is 24.2 Å². The Balaban J connectivity index is 2.81. The molecule has 0 atom stereocenters. The molecule has 5 heteroatoms. The van der Waals surface area contributed by atoms with Crippen molar-refractivity contribution in [3.05, 3.63) is 39.9 Å². The Labute approximate surface area is 111 Å². The van der Waals surface area contributed by atoms with E-state index in [4.69, 9.17) is 9.47 Å². The zero-order chi connectivity index (χ0) is 14.0. The van der Waals surface area contributed by atoms with E-state index in [1.165, 1.54) is 0 Å². The smallest absolute Gasteiger partial charge is 0.254 e. The molecule has 1 N–H and O–H groups in total. The van der Waals surface area contributed by atoms with Crippen molar-refractivity contribution in [1.82, 2.24) is 9.97 Å². The van der Waals surface area contributed by atoms with Gasteiger partial charge in [0, 0.05) is 5.56 Å². The average molecular weight is 260 g/mol. The summed E-state index contributed by atoms with van der Waals surface area (Å²) < 4.78 is 10.7. The van der Waals surface area contributed by atoms with Crippen LogP contribution in [0.4, 0.5) is 0 Å². The lowest BCUT2D eigenvalue weighted by molar-refractivity contribution is 0.397. The zero-order valence-corrected chi connectivity index (χ0v) is 11.4. The standard InChI is InChI=1S/C14H16N2O3/c1-8-13(15-9(2)16-14(8)17)12-10(18-3)6-5-7-11(12)19-4/h5-7H,1-4H3,(H,15,16,17). The SMILES string of the molecule is COc1cccc(OC)c1-c1nc(C)[nH]c(=O)c1C. The molecule has 0 unspecified atom stereocenters. The Morgan fingerprint density at radius 3 is 2.21 bits per heavy atom. The van der Waals surface area contributed by atoms with Crippen LogP contribution >= 0.6 is 0 Å². The minimum atomic E-state index is -0.157. The van der Waals surface area contributed by atoms with Gasteiger partial charge in [-0.25, -0.2) is 4.98 Å². The molecule has 0 saturated heterocycles. The Kier molecular flexibility index (Phi) is 3.55. The van der Waals surface area contributed by atoms with Crippen LogP contribution in [0, 0.1) is 13.8 Å². The second kappa shape index (κ2) is 5.14. The molecule has 0 saturated carbocycles. The molecule has 0 aliphatic heterocycles. The number of H-pyrrole nitrogens is 1. The fraction of sp³-hybridized carbons (Fsp3) is 0.286. The fourth-order valence-electron chi connectivity index (χ4n) is 1.97. The molecule has 0 fully saturated rings. The highest BCUT2D eigenvalue weighted by Gasteiger charge is 2.17. The first-order valence-electron chi connectivity index (χ1n) is 5.87. The van der Waals surface area contributed by atoms with Gasteiger partial charge in [0.05, 0.1) is 25.5 Å². The van der Waals surface area contributed by atoms with Gasteiger partial charge < -0.3 is 14.5 Å². The lowest BCUT2D eigenvalue weighted by Gasteiger charge is -2.14. The van der Waals surface area contributed by atoms with Crippen LogP contribution in [0.5, 0.6) is 11.5 Å². The summed E-state index contributed by atoms with van der Waals surface area (Å²) in [5.41, 5.74) is 1.65. The number of benzene rings is 1. The van der Waals surface area contributed by atoms with E-state index in [-0.39, 0.29) is 5.56 Å². The van der Waals surface area contributed by atoms with Crippen molar-refractivity contribution in [1.29, 1.82) is 0 Å². The van der Waals surface area contributed by atoms with Gasteiger partial charge in [-0.05, 0) is 26.0 Å². The van der Waals surface area contributed by atoms with Crippen LogP contribution in [0.3, 0.4) is 0 Å². The minimum Gasteiger partial charge on any atom is -0.496 e. The number of rotatable bonds is 3. The number of aromatic nitrogens is 2. The topological polar surface area (TPSA) is 64.2 Å². The summed E-state index contributed by atoms with van der Waals surface area (Å²) in [5, 5.41) is 0. The van der Waals surface area contributed by atoms with Gasteiger partial charge in [-0.15, -0.1) is 0 Å². The monoisotopic (exact) mass is 260 g/mol. The fourth-order valence-corrected chi connectivity index (χ4v) is 1.97. The summed E-state index contributed by atoms with van der Waals surface area (Å²) in [6.07, 6.45) is 0. The number of hydrogen-bond acceptors (Lipinski definition) is 4. The summed E-state index contributed by atoms with van der Waals surface area (Å²) in [4.78, 5) is 18.9. The van der Waals surface area contributed by atoms with Crippen LogP contribution in [0.25, 0.3) is 11.3 Å². The second-order valence-corrected chi connectivity index (χ2v) is 4.16. The number of ether oxygens (including phenoxy) is 2. The van der Waals surface area contributed by atoms with Gasteiger partial charge in [-0.3, -0.25) is 4.79 Å². The first kappa shape index (κ1) is 13.1. The molecule has 100 valence electrons. The molecule has 2 rings (SSSR count). The van der Waals surface area contributed by atoms with Crippen LogP contribution in [0.1, 0.15) is 11.4 Å². The van der Waals surface area contributed by atoms with Crippen molar-refractivity contribution < 1.29 is 9.47 Å². The van der Waals surface area contributed by atoms with Crippen molar-refractivity contribution >= 4 is 0 Å². The van der Waals surface area contributed by atoms with Crippen LogP contribution in [0.15, 0.2) is 23.0 Å². The lowest BCUT2D eigenvalue weighted by Crippen LogP contribution is -2.14. The number of nitrogens with zero attached hydrogens (tertiary/aromatic N) is 1. The molecule has 0 aliphatic carbocycles. The Morgan fingerprint density at radius 2 is 1.68 bits per heavy atom. The Hall–Kier alpha value is -2.30. The summed E-state index contributed by atoms with van der Waals surface area (Å²) in [7, 11) is 3.15. The summed E-state index contributed by atoms with van der Waals surface area (Å²) >= 11 is 0. The van der Waals surface area contributed by atoms with Gasteiger partial charge in [0.2, 0.25) is 0 Å². The van der Waals surface area contributed by atoms with Crippen molar-refractivity contribution in [3.8, 4) is 22.8 Å². The normalized spacial score (nSPS) is 10.3. The molecule has 0 spiro atoms. The molecule has 1 aromatic heterocycles. The molecule has 1 heterocycles. The van der Waals surface area contributed by atoms with Gasteiger partial charge in [0.15, 0.2) is 0 Å². The van der Waals surface area contributed by atoms with Crippen LogP contribution in [0.2, 0.25) is 0 Å². The van der Waals surface area contributed by atoms with Gasteiger partial charge in [-0.1, -0.05) is 6.07 Å². The summed E-state index contributed by atoms with van der Waals surface area (Å²) in [6.45, 7) is 3.47. The van der Waals surface area contributed by atoms with E-state index in [0.29, 0.717) is 34.1 Å². The molecule has 2 aromatic rings. The molecule has 19 heavy (non-hydrogen) atoms. The van der Waals surface area contributed by atoms with E-state index >= 15 is 0 Å². The van der Waals surface area contributed by atoms with Gasteiger partial charge in [0.25, 0.3) is 5.56 Å². The molecule has 0 aliphatic rings. The average Bonchev–Trinajstić information content (AvgIpc) is 2.41. The third kappa shape index (κ3) is 2.31. The molecular weight excluding hydrogens is 244 g/mol. The van der Waals surface area contributed by atoms with Crippen LogP contribution in [-0.2, 0) is 0 Å². The summed E-state index contributed by atoms with van der Waals surface area (Å²) in [5.74, 6) is 1.80. The third-order valence-electron chi connectivity index (χ3n) is 2.93. The van der Waals surface area contributed by atoms with E-state index in [2.05, 4.69) is 9.97 Å². The predicted molar refractivity (Wildman–Crippen MR) is 72.9 cm³/mol. The predicted octanol–water partition coefficient (Wildman–Crippen LogP) is 2.07. The molecular formula is C14H16N2O3. The summed E-state index contributed by atoms with van der Waals surface area (Å²) in [6, 6.07) is 5.46. The maximum atomic E-state index is 11.9. The van der Waals surface area contributed by atoms with E-state index in [1.54, 1.807) is 28.1 Å². The first-order chi connectivity index (χ1) is 9.08. The van der Waals surface area contributed by atoms with Crippen molar-refractivity contribution in [3.63, 3.8) is 0 Å². The molecule has 5 nitrogen and oxygen atoms in total. The highest BCUT2D eigenvalue weighted by atomic mass is 16.5. The number of aryl methyl sites for hydroxylation is 1. The highest BCUT2D eigenvalue weighted by molar-refractivity contribution is 5.76. The first-order valence-corrected chi connectivity index (χ1v) is 5.87. The van der Waals surface area contributed by atoms with E-state index in [9.17, 15) is 4.79 Å². The van der Waals surface area contributed by atoms with Crippen molar-refractivity contribution in [2.75, 3.05) is 14.2 Å². The van der Waals surface area contributed by atoms with Crippen molar-refractivity contribution in [2.45, 2.75) is 13.8 Å². The van der Waals surface area contributed by atoms with Gasteiger partial charge >= 0.3 is 0 Å². The molecule has 0 radical (unpaired) electrons. The highest BCUT2D eigenvalue weighted by Crippen LogP contribution is 2.37. The second-order valence-electron chi connectivity index (χ2n) is 4.16. The minimum absolute atomic E-state index is 0.157. The number of nitrogens with one attached hydrogen (secondary N) is 1. The van der Waals surface area contributed by atoms with Gasteiger partial charge in [0.1, 0.15) is 17.3 Å². The zero-order valence-electron chi connectivity index (χ0n) is 11.4. The van der Waals surface area contributed by atoms with Crippen molar-refractivity contribution in [2.24, 2.45) is 0 Å². The molecule has 1 aromatic carbocycles.